The van der Waals surface area contributed by atoms with Crippen LogP contribution in [0.2, 0.25) is 0 Å². The van der Waals surface area contributed by atoms with Gasteiger partial charge < -0.3 is 15.5 Å². The Labute approximate surface area is 184 Å². The summed E-state index contributed by atoms with van der Waals surface area (Å²) in [4.78, 5) is 14.4. The third kappa shape index (κ3) is 6.29. The van der Waals surface area contributed by atoms with Crippen LogP contribution in [0.1, 0.15) is 36.8 Å². The van der Waals surface area contributed by atoms with Crippen molar-refractivity contribution in [3.63, 3.8) is 0 Å². The molecule has 0 aromatic heterocycles. The molecule has 7 nitrogen and oxygen atoms in total. The lowest BCUT2D eigenvalue weighted by atomic mass is 9.81. The molecule has 2 saturated heterocycles. The van der Waals surface area contributed by atoms with Gasteiger partial charge in [0, 0.05) is 13.1 Å². The number of nitrogens with zero attached hydrogens (tertiary/aromatic N) is 1. The number of amides is 2. The van der Waals surface area contributed by atoms with Gasteiger partial charge in [-0.1, -0.05) is 48.0 Å². The summed E-state index contributed by atoms with van der Waals surface area (Å²) in [6.07, 6.45) is 4.17. The van der Waals surface area contributed by atoms with Gasteiger partial charge in [0.25, 0.3) is 10.1 Å². The maximum Gasteiger partial charge on any atom is 0.318 e. The van der Waals surface area contributed by atoms with Gasteiger partial charge in [-0.25, -0.2) is 4.79 Å². The van der Waals surface area contributed by atoms with Crippen molar-refractivity contribution in [1.29, 1.82) is 0 Å². The molecule has 2 aliphatic heterocycles. The summed E-state index contributed by atoms with van der Waals surface area (Å²) >= 11 is 0. The molecule has 2 aromatic carbocycles. The Bertz CT molecular complexity index is 950. The average molecular weight is 446 g/mol. The standard InChI is InChI=1S/C16H23N3O.C7H8O3S/c20-15(19-12-4-5-13-19)18-16(8-10-17-11-9-16)14-6-2-1-3-7-14;1-6-2-4-7(5-3-6)11(8,9)10/h1-3,6-7,17H,4-5,8-13H2,(H,18,20);2-5H,1H3,(H,8,9,10). The highest BCUT2D eigenvalue weighted by atomic mass is 32.2. The predicted molar refractivity (Wildman–Crippen MR) is 121 cm³/mol. The van der Waals surface area contributed by atoms with Crippen molar-refractivity contribution in [1.82, 2.24) is 15.5 Å². The molecule has 4 rings (SSSR count). The van der Waals surface area contributed by atoms with Gasteiger partial charge in [0.05, 0.1) is 10.4 Å². The summed E-state index contributed by atoms with van der Waals surface area (Å²) in [5, 5.41) is 6.72. The zero-order chi connectivity index (χ0) is 22.3. The fourth-order valence-electron chi connectivity index (χ4n) is 4.01. The minimum atomic E-state index is -4.02. The lowest BCUT2D eigenvalue weighted by Gasteiger charge is -2.40. The van der Waals surface area contributed by atoms with Crippen LogP contribution in [0.4, 0.5) is 4.79 Å². The van der Waals surface area contributed by atoms with Gasteiger partial charge in [0.2, 0.25) is 0 Å². The van der Waals surface area contributed by atoms with Crippen LogP contribution in [0.15, 0.2) is 59.5 Å². The molecule has 0 saturated carbocycles. The molecule has 2 aromatic rings. The van der Waals surface area contributed by atoms with Crippen molar-refractivity contribution < 1.29 is 17.8 Å². The quantitative estimate of drug-likeness (QED) is 0.630. The maximum atomic E-state index is 12.5. The van der Waals surface area contributed by atoms with E-state index in [9.17, 15) is 13.2 Å². The number of aryl methyl sites for hydroxylation is 1. The Morgan fingerprint density at radius 1 is 1.00 bits per heavy atom. The number of carbonyl (C=O) groups excluding carboxylic acids is 1. The Hall–Kier alpha value is -2.42. The lowest BCUT2D eigenvalue weighted by Crippen LogP contribution is -2.55. The molecule has 0 unspecified atom stereocenters. The maximum absolute atomic E-state index is 12.5. The van der Waals surface area contributed by atoms with E-state index in [0.29, 0.717) is 0 Å². The summed E-state index contributed by atoms with van der Waals surface area (Å²) in [6, 6.07) is 16.5. The molecule has 168 valence electrons. The van der Waals surface area contributed by atoms with Gasteiger partial charge in [0.1, 0.15) is 0 Å². The van der Waals surface area contributed by atoms with Crippen molar-refractivity contribution in [3.8, 4) is 0 Å². The van der Waals surface area contributed by atoms with Crippen LogP contribution in [0.5, 0.6) is 0 Å². The summed E-state index contributed by atoms with van der Waals surface area (Å²) in [7, 11) is -4.02. The number of piperidine rings is 1. The van der Waals surface area contributed by atoms with Crippen molar-refractivity contribution >= 4 is 16.1 Å². The Morgan fingerprint density at radius 3 is 2.13 bits per heavy atom. The molecule has 2 amide bonds. The second kappa shape index (κ2) is 10.3. The number of hydrogen-bond acceptors (Lipinski definition) is 4. The summed E-state index contributed by atoms with van der Waals surface area (Å²) in [6.45, 7) is 5.54. The molecule has 0 aliphatic carbocycles. The van der Waals surface area contributed by atoms with Crippen LogP contribution in [-0.2, 0) is 15.7 Å². The van der Waals surface area contributed by atoms with Gasteiger partial charge in [-0.15, -0.1) is 0 Å². The van der Waals surface area contributed by atoms with Gasteiger partial charge in [-0.05, 0) is 63.4 Å². The first-order chi connectivity index (χ1) is 14.8. The minimum Gasteiger partial charge on any atom is -0.328 e. The van der Waals surface area contributed by atoms with Crippen LogP contribution in [0, 0.1) is 6.92 Å². The van der Waals surface area contributed by atoms with E-state index in [1.54, 1.807) is 12.1 Å². The highest BCUT2D eigenvalue weighted by Gasteiger charge is 2.36. The van der Waals surface area contributed by atoms with E-state index >= 15 is 0 Å². The van der Waals surface area contributed by atoms with Crippen LogP contribution in [0.25, 0.3) is 0 Å². The van der Waals surface area contributed by atoms with Gasteiger partial charge in [-0.3, -0.25) is 4.55 Å². The average Bonchev–Trinajstić information content (AvgIpc) is 3.30. The third-order valence-corrected chi connectivity index (χ3v) is 6.71. The van der Waals surface area contributed by atoms with Crippen molar-refractivity contribution in [3.05, 3.63) is 65.7 Å². The number of benzene rings is 2. The molecular formula is C23H31N3O4S. The van der Waals surface area contributed by atoms with Crippen molar-refractivity contribution in [2.75, 3.05) is 26.2 Å². The smallest absolute Gasteiger partial charge is 0.318 e. The number of nitrogens with one attached hydrogen (secondary N) is 2. The van der Waals surface area contributed by atoms with Gasteiger partial charge in [0.15, 0.2) is 0 Å². The monoisotopic (exact) mass is 445 g/mol. The van der Waals surface area contributed by atoms with E-state index in [4.69, 9.17) is 4.55 Å². The van der Waals surface area contributed by atoms with E-state index in [0.717, 1.165) is 57.4 Å². The van der Waals surface area contributed by atoms with E-state index < -0.39 is 10.1 Å². The SMILES string of the molecule is Cc1ccc(S(=O)(=O)O)cc1.O=C(NC1(c2ccccc2)CCNCC1)N1CCCC1. The molecule has 0 radical (unpaired) electrons. The summed E-state index contributed by atoms with van der Waals surface area (Å²) < 4.78 is 29.6. The fourth-order valence-corrected chi connectivity index (χ4v) is 4.49. The van der Waals surface area contributed by atoms with E-state index in [2.05, 4.69) is 34.9 Å². The first kappa shape index (κ1) is 23.2. The zero-order valence-electron chi connectivity index (χ0n) is 17.9. The Morgan fingerprint density at radius 2 is 1.58 bits per heavy atom. The normalized spacial score (nSPS) is 18.1. The molecule has 2 fully saturated rings. The number of urea groups is 1. The third-order valence-electron chi connectivity index (χ3n) is 5.84. The number of rotatable bonds is 3. The molecule has 31 heavy (non-hydrogen) atoms. The highest BCUT2D eigenvalue weighted by molar-refractivity contribution is 7.85. The zero-order valence-corrected chi connectivity index (χ0v) is 18.7. The van der Waals surface area contributed by atoms with Crippen molar-refractivity contribution in [2.45, 2.75) is 43.0 Å². The molecular weight excluding hydrogens is 414 g/mol. The predicted octanol–water partition coefficient (Wildman–Crippen LogP) is 3.31. The van der Waals surface area contributed by atoms with Crippen LogP contribution >= 0.6 is 0 Å². The van der Waals surface area contributed by atoms with Crippen LogP contribution in [0.3, 0.4) is 0 Å². The molecule has 0 bridgehead atoms. The van der Waals surface area contributed by atoms with E-state index in [1.807, 2.05) is 17.9 Å². The van der Waals surface area contributed by atoms with Crippen LogP contribution in [-0.4, -0.2) is 50.1 Å². The molecule has 3 N–H and O–H groups in total. The molecule has 0 atom stereocenters. The first-order valence-corrected chi connectivity index (χ1v) is 12.1. The first-order valence-electron chi connectivity index (χ1n) is 10.7. The lowest BCUT2D eigenvalue weighted by molar-refractivity contribution is 0.179. The largest absolute Gasteiger partial charge is 0.328 e. The van der Waals surface area contributed by atoms with E-state index in [1.165, 1.54) is 17.7 Å². The minimum absolute atomic E-state index is 0.0666. The highest BCUT2D eigenvalue weighted by Crippen LogP contribution is 2.31. The Balaban J connectivity index is 0.000000210. The Kier molecular flexibility index (Phi) is 7.69. The molecule has 2 heterocycles. The molecule has 2 aliphatic rings. The topological polar surface area (TPSA) is 98.7 Å². The number of likely N-dealkylation sites (tertiary alicyclic amines) is 1. The molecule has 8 heteroatoms. The molecule has 0 spiro atoms. The van der Waals surface area contributed by atoms with Crippen LogP contribution < -0.4 is 10.6 Å². The number of hydrogen-bond donors (Lipinski definition) is 3. The van der Waals surface area contributed by atoms with E-state index in [-0.39, 0.29) is 16.5 Å². The summed E-state index contributed by atoms with van der Waals surface area (Å²) in [5.74, 6) is 0. The van der Waals surface area contributed by atoms with Gasteiger partial charge >= 0.3 is 6.03 Å². The fraction of sp³-hybridized carbons (Fsp3) is 0.435. The van der Waals surface area contributed by atoms with Crippen molar-refractivity contribution in [2.24, 2.45) is 0 Å². The second-order valence-corrected chi connectivity index (χ2v) is 9.53. The number of carbonyl (C=O) groups is 1. The second-order valence-electron chi connectivity index (χ2n) is 8.11. The summed E-state index contributed by atoms with van der Waals surface area (Å²) in [5.41, 5.74) is 1.98. The van der Waals surface area contributed by atoms with Gasteiger partial charge in [-0.2, -0.15) is 8.42 Å².